The molecule has 0 N–H and O–H groups in total. The van der Waals surface area contributed by atoms with Crippen LogP contribution in [0, 0.1) is 17.8 Å². The largest absolute Gasteiger partial charge is 0.375 e. The van der Waals surface area contributed by atoms with E-state index < -0.39 is 0 Å². The molecule has 1 fully saturated rings. The van der Waals surface area contributed by atoms with E-state index in [1.54, 1.807) is 0 Å². The molecule has 1 heterocycles. The number of allylic oxidation sites excluding steroid dienone is 1. The van der Waals surface area contributed by atoms with Gasteiger partial charge in [-0.05, 0) is 45.4 Å². The van der Waals surface area contributed by atoms with Crippen LogP contribution in [0.15, 0.2) is 12.2 Å². The van der Waals surface area contributed by atoms with Crippen molar-refractivity contribution >= 4 is 5.78 Å². The third-order valence-electron chi connectivity index (χ3n) is 4.38. The van der Waals surface area contributed by atoms with Gasteiger partial charge in [0.15, 0.2) is 5.78 Å². The third-order valence-corrected chi connectivity index (χ3v) is 4.38. The second-order valence-corrected chi connectivity index (χ2v) is 7.81. The monoisotopic (exact) mass is 294 g/mol. The minimum atomic E-state index is -0.138. The summed E-state index contributed by atoms with van der Waals surface area (Å²) in [5.41, 5.74) is -0.125. The van der Waals surface area contributed by atoms with Gasteiger partial charge >= 0.3 is 0 Å². The Bertz CT molecular complexity index is 392. The molecular formula is C18H30O3. The lowest BCUT2D eigenvalue weighted by Gasteiger charge is -2.24. The van der Waals surface area contributed by atoms with Gasteiger partial charge in [-0.25, -0.2) is 0 Å². The maximum absolute atomic E-state index is 12.1. The van der Waals surface area contributed by atoms with Gasteiger partial charge in [0.1, 0.15) is 6.10 Å². The summed E-state index contributed by atoms with van der Waals surface area (Å²) < 4.78 is 11.5. The number of epoxide rings is 1. The van der Waals surface area contributed by atoms with Gasteiger partial charge in [-0.3, -0.25) is 4.79 Å². The van der Waals surface area contributed by atoms with Crippen molar-refractivity contribution in [1.82, 2.24) is 0 Å². The van der Waals surface area contributed by atoms with Crippen LogP contribution in [0.5, 0.6) is 0 Å². The number of ketones is 1. The Kier molecular flexibility index (Phi) is 5.26. The van der Waals surface area contributed by atoms with Crippen molar-refractivity contribution in [3.8, 4) is 0 Å². The van der Waals surface area contributed by atoms with Crippen molar-refractivity contribution in [2.75, 3.05) is 6.61 Å². The standard InChI is InChI=1S/C18H30O3/c1-12(2)14-7-6-13(11-20-18(3,4)5)10-16-17(21-16)15(19)9-8-14/h6-7,12-14,16-17H,8-11H2,1-5H3. The Labute approximate surface area is 129 Å². The van der Waals surface area contributed by atoms with Crippen LogP contribution in [-0.2, 0) is 14.3 Å². The molecule has 3 heteroatoms. The van der Waals surface area contributed by atoms with Gasteiger partial charge in [0.2, 0.25) is 0 Å². The van der Waals surface area contributed by atoms with Crippen molar-refractivity contribution in [2.24, 2.45) is 17.8 Å². The van der Waals surface area contributed by atoms with Crippen molar-refractivity contribution in [2.45, 2.75) is 71.7 Å². The zero-order valence-corrected chi connectivity index (χ0v) is 14.1. The van der Waals surface area contributed by atoms with Crippen LogP contribution >= 0.6 is 0 Å². The summed E-state index contributed by atoms with van der Waals surface area (Å²) in [5, 5.41) is 0. The van der Waals surface area contributed by atoms with Crippen molar-refractivity contribution in [3.05, 3.63) is 12.2 Å². The van der Waals surface area contributed by atoms with Gasteiger partial charge in [-0.2, -0.15) is 0 Å². The van der Waals surface area contributed by atoms with Gasteiger partial charge in [-0.1, -0.05) is 26.0 Å². The molecule has 0 aromatic carbocycles. The molecule has 1 aliphatic carbocycles. The fraction of sp³-hybridized carbons (Fsp3) is 0.833. The van der Waals surface area contributed by atoms with E-state index in [0.29, 0.717) is 30.8 Å². The van der Waals surface area contributed by atoms with Gasteiger partial charge < -0.3 is 9.47 Å². The zero-order valence-electron chi connectivity index (χ0n) is 14.1. The third kappa shape index (κ3) is 5.23. The van der Waals surface area contributed by atoms with Crippen LogP contribution in [0.2, 0.25) is 0 Å². The number of ether oxygens (including phenoxy) is 2. The maximum atomic E-state index is 12.1. The molecule has 1 saturated heterocycles. The van der Waals surface area contributed by atoms with Crippen LogP contribution in [0.3, 0.4) is 0 Å². The number of rotatable bonds is 3. The minimum Gasteiger partial charge on any atom is -0.375 e. The summed E-state index contributed by atoms with van der Waals surface area (Å²) in [6, 6.07) is 0. The van der Waals surface area contributed by atoms with Gasteiger partial charge in [0, 0.05) is 12.3 Å². The molecule has 4 unspecified atom stereocenters. The highest BCUT2D eigenvalue weighted by Gasteiger charge is 2.45. The van der Waals surface area contributed by atoms with Crippen LogP contribution in [-0.4, -0.2) is 30.2 Å². The summed E-state index contributed by atoms with van der Waals surface area (Å²) in [4.78, 5) is 12.1. The molecule has 3 nitrogen and oxygen atoms in total. The van der Waals surface area contributed by atoms with Gasteiger partial charge in [0.05, 0.1) is 18.3 Å². The second kappa shape index (κ2) is 6.62. The van der Waals surface area contributed by atoms with E-state index in [0.717, 1.165) is 12.8 Å². The van der Waals surface area contributed by atoms with E-state index in [2.05, 4.69) is 46.8 Å². The summed E-state index contributed by atoms with van der Waals surface area (Å²) in [6.07, 6.45) is 7.06. The van der Waals surface area contributed by atoms with Gasteiger partial charge in [0.25, 0.3) is 0 Å². The summed E-state index contributed by atoms with van der Waals surface area (Å²) in [5.74, 6) is 1.66. The number of fused-ring (bicyclic) bond motifs is 1. The predicted octanol–water partition coefficient (Wildman–Crippen LogP) is 3.77. The molecule has 0 aromatic rings. The first-order valence-corrected chi connectivity index (χ1v) is 8.26. The first-order valence-electron chi connectivity index (χ1n) is 8.26. The Balaban J connectivity index is 2.03. The lowest BCUT2D eigenvalue weighted by atomic mass is 9.86. The zero-order chi connectivity index (χ0) is 15.6. The van der Waals surface area contributed by atoms with E-state index >= 15 is 0 Å². The summed E-state index contributed by atoms with van der Waals surface area (Å²) in [7, 11) is 0. The molecule has 0 bridgehead atoms. The Morgan fingerprint density at radius 1 is 1.33 bits per heavy atom. The molecule has 120 valence electrons. The molecule has 0 radical (unpaired) electrons. The molecular weight excluding hydrogens is 264 g/mol. The van der Waals surface area contributed by atoms with E-state index in [1.807, 2.05) is 0 Å². The number of hydrogen-bond acceptors (Lipinski definition) is 3. The number of hydrogen-bond donors (Lipinski definition) is 0. The second-order valence-electron chi connectivity index (χ2n) is 7.81. The molecule has 0 amide bonds. The van der Waals surface area contributed by atoms with E-state index in [9.17, 15) is 4.79 Å². The quantitative estimate of drug-likeness (QED) is 0.587. The summed E-state index contributed by atoms with van der Waals surface area (Å²) in [6.45, 7) is 11.4. The first-order chi connectivity index (χ1) is 9.76. The Hall–Kier alpha value is -0.670. The lowest BCUT2D eigenvalue weighted by Crippen LogP contribution is -2.25. The maximum Gasteiger partial charge on any atom is 0.164 e. The summed E-state index contributed by atoms with van der Waals surface area (Å²) >= 11 is 0. The molecule has 4 atom stereocenters. The number of carbonyl (C=O) groups is 1. The van der Waals surface area contributed by atoms with Crippen LogP contribution in [0.1, 0.15) is 53.9 Å². The molecule has 2 aliphatic rings. The molecule has 0 aromatic heterocycles. The molecule has 0 spiro atoms. The topological polar surface area (TPSA) is 38.8 Å². The molecule has 21 heavy (non-hydrogen) atoms. The van der Waals surface area contributed by atoms with Crippen LogP contribution in [0.4, 0.5) is 0 Å². The van der Waals surface area contributed by atoms with Gasteiger partial charge in [-0.15, -0.1) is 0 Å². The Morgan fingerprint density at radius 3 is 2.67 bits per heavy atom. The fourth-order valence-corrected chi connectivity index (χ4v) is 2.87. The number of carbonyl (C=O) groups excluding carboxylic acids is 1. The molecule has 2 rings (SSSR count). The first kappa shape index (κ1) is 16.7. The predicted molar refractivity (Wildman–Crippen MR) is 84.2 cm³/mol. The smallest absolute Gasteiger partial charge is 0.164 e. The highest BCUT2D eigenvalue weighted by atomic mass is 16.6. The fourth-order valence-electron chi connectivity index (χ4n) is 2.87. The highest BCUT2D eigenvalue weighted by molar-refractivity contribution is 5.85. The normalized spacial score (nSPS) is 33.9. The van der Waals surface area contributed by atoms with Crippen molar-refractivity contribution in [3.63, 3.8) is 0 Å². The average Bonchev–Trinajstić information content (AvgIpc) is 3.12. The Morgan fingerprint density at radius 2 is 2.05 bits per heavy atom. The molecule has 1 aliphatic heterocycles. The van der Waals surface area contributed by atoms with E-state index in [-0.39, 0.29) is 23.6 Å². The lowest BCUT2D eigenvalue weighted by molar-refractivity contribution is -0.120. The minimum absolute atomic E-state index is 0.117. The highest BCUT2D eigenvalue weighted by Crippen LogP contribution is 2.34. The SMILES string of the molecule is CC(C)C1C=CC(COC(C)(C)C)CC2OC2C(=O)CC1. The van der Waals surface area contributed by atoms with E-state index in [1.165, 1.54) is 0 Å². The van der Waals surface area contributed by atoms with Crippen molar-refractivity contribution in [1.29, 1.82) is 0 Å². The van der Waals surface area contributed by atoms with Crippen molar-refractivity contribution < 1.29 is 14.3 Å². The number of Topliss-reactive ketones (excluding diaryl/α,β-unsaturated/α-hetero) is 1. The van der Waals surface area contributed by atoms with Crippen LogP contribution < -0.4 is 0 Å². The average molecular weight is 294 g/mol. The molecule has 0 saturated carbocycles. The van der Waals surface area contributed by atoms with E-state index in [4.69, 9.17) is 9.47 Å². The van der Waals surface area contributed by atoms with Crippen LogP contribution in [0.25, 0.3) is 0 Å².